The lowest BCUT2D eigenvalue weighted by atomic mass is 9.86. The van der Waals surface area contributed by atoms with Gasteiger partial charge in [-0.15, -0.1) is 0 Å². The summed E-state index contributed by atoms with van der Waals surface area (Å²) in [7, 11) is 0. The molecule has 1 amide bonds. The van der Waals surface area contributed by atoms with Crippen LogP contribution in [0, 0.1) is 11.8 Å². The highest BCUT2D eigenvalue weighted by Crippen LogP contribution is 2.24. The fourth-order valence-electron chi connectivity index (χ4n) is 3.22. The molecule has 1 saturated carbocycles. The van der Waals surface area contributed by atoms with E-state index >= 15 is 0 Å². The van der Waals surface area contributed by atoms with E-state index in [9.17, 15) is 4.79 Å². The van der Waals surface area contributed by atoms with Crippen LogP contribution in [0.3, 0.4) is 0 Å². The first-order valence-electron chi connectivity index (χ1n) is 8.64. The Morgan fingerprint density at radius 2 is 1.91 bits per heavy atom. The van der Waals surface area contributed by atoms with E-state index in [1.54, 1.807) is 0 Å². The van der Waals surface area contributed by atoms with Crippen molar-refractivity contribution in [2.45, 2.75) is 57.9 Å². The second-order valence-electron chi connectivity index (χ2n) is 6.69. The minimum atomic E-state index is 0.0827. The number of aliphatic hydroxyl groups excluding tert-OH is 1. The predicted octanol–water partition coefficient (Wildman–Crippen LogP) is 3.31. The molecule has 2 rings (SSSR count). The third kappa shape index (κ3) is 5.45. The summed E-state index contributed by atoms with van der Waals surface area (Å²) in [5, 5.41) is 12.3. The van der Waals surface area contributed by atoms with Gasteiger partial charge in [-0.1, -0.05) is 37.3 Å². The highest BCUT2D eigenvalue weighted by molar-refractivity contribution is 5.78. The van der Waals surface area contributed by atoms with Gasteiger partial charge in [0, 0.05) is 18.6 Å². The predicted molar refractivity (Wildman–Crippen MR) is 89.5 cm³/mol. The molecule has 1 unspecified atom stereocenters. The maximum atomic E-state index is 12.2. The summed E-state index contributed by atoms with van der Waals surface area (Å²) in [5.41, 5.74) is 1.34. The van der Waals surface area contributed by atoms with Crippen LogP contribution in [0.2, 0.25) is 0 Å². The molecule has 122 valence electrons. The van der Waals surface area contributed by atoms with Crippen molar-refractivity contribution in [2.24, 2.45) is 11.8 Å². The zero-order valence-corrected chi connectivity index (χ0v) is 13.6. The fraction of sp³-hybridized carbons (Fsp3) is 0.632. The second-order valence-corrected chi connectivity index (χ2v) is 6.69. The Bertz CT molecular complexity index is 438. The monoisotopic (exact) mass is 303 g/mol. The van der Waals surface area contributed by atoms with E-state index in [-0.39, 0.29) is 18.4 Å². The fourth-order valence-corrected chi connectivity index (χ4v) is 3.22. The Balaban J connectivity index is 1.64. The number of hydrogen-bond acceptors (Lipinski definition) is 2. The third-order valence-corrected chi connectivity index (χ3v) is 4.84. The SMILES string of the molecule is CC(CCCc1ccccc1)C(=O)NC1CCC(CO)CC1. The largest absolute Gasteiger partial charge is 0.396 e. The molecule has 3 heteroatoms. The van der Waals surface area contributed by atoms with Crippen LogP contribution < -0.4 is 5.32 Å². The molecule has 3 nitrogen and oxygen atoms in total. The summed E-state index contributed by atoms with van der Waals surface area (Å²) in [6.45, 7) is 2.32. The number of rotatable bonds is 7. The van der Waals surface area contributed by atoms with Crippen LogP contribution in [-0.4, -0.2) is 23.7 Å². The Labute approximate surface area is 134 Å². The molecular weight excluding hydrogens is 274 g/mol. The maximum absolute atomic E-state index is 12.2. The van der Waals surface area contributed by atoms with Crippen LogP contribution in [0.1, 0.15) is 51.0 Å². The van der Waals surface area contributed by atoms with E-state index in [1.165, 1.54) is 5.56 Å². The summed E-state index contributed by atoms with van der Waals surface area (Å²) < 4.78 is 0. The second kappa shape index (κ2) is 8.94. The Kier molecular flexibility index (Phi) is 6.91. The summed E-state index contributed by atoms with van der Waals surface area (Å²) in [5.74, 6) is 0.719. The molecule has 1 aliphatic carbocycles. The van der Waals surface area contributed by atoms with E-state index in [0.717, 1.165) is 44.9 Å². The number of aliphatic hydroxyl groups is 1. The smallest absolute Gasteiger partial charge is 0.223 e. The average Bonchev–Trinajstić information content (AvgIpc) is 2.56. The zero-order chi connectivity index (χ0) is 15.8. The van der Waals surface area contributed by atoms with Gasteiger partial charge in [0.15, 0.2) is 0 Å². The summed E-state index contributed by atoms with van der Waals surface area (Å²) in [6, 6.07) is 10.8. The van der Waals surface area contributed by atoms with Gasteiger partial charge in [-0.3, -0.25) is 4.79 Å². The Morgan fingerprint density at radius 3 is 2.55 bits per heavy atom. The molecule has 0 heterocycles. The highest BCUT2D eigenvalue weighted by Gasteiger charge is 2.23. The van der Waals surface area contributed by atoms with Gasteiger partial charge in [0.25, 0.3) is 0 Å². The van der Waals surface area contributed by atoms with Gasteiger partial charge < -0.3 is 10.4 Å². The van der Waals surface area contributed by atoms with Gasteiger partial charge in [-0.25, -0.2) is 0 Å². The topological polar surface area (TPSA) is 49.3 Å². The van der Waals surface area contributed by atoms with Crippen molar-refractivity contribution in [1.82, 2.24) is 5.32 Å². The van der Waals surface area contributed by atoms with Crippen LogP contribution in [0.25, 0.3) is 0 Å². The molecule has 1 atom stereocenters. The minimum absolute atomic E-state index is 0.0827. The van der Waals surface area contributed by atoms with Crippen molar-refractivity contribution in [1.29, 1.82) is 0 Å². The Morgan fingerprint density at radius 1 is 1.23 bits per heavy atom. The van der Waals surface area contributed by atoms with Crippen molar-refractivity contribution in [3.63, 3.8) is 0 Å². The molecule has 22 heavy (non-hydrogen) atoms. The maximum Gasteiger partial charge on any atom is 0.223 e. The van der Waals surface area contributed by atoms with Crippen molar-refractivity contribution in [2.75, 3.05) is 6.61 Å². The summed E-state index contributed by atoms with van der Waals surface area (Å²) in [6.07, 6.45) is 7.11. The van der Waals surface area contributed by atoms with Gasteiger partial charge in [0.05, 0.1) is 0 Å². The van der Waals surface area contributed by atoms with Crippen LogP contribution in [0.15, 0.2) is 30.3 Å². The quantitative estimate of drug-likeness (QED) is 0.812. The van der Waals surface area contributed by atoms with Gasteiger partial charge in [-0.05, 0) is 56.4 Å². The lowest BCUT2D eigenvalue weighted by Crippen LogP contribution is -2.40. The van der Waals surface area contributed by atoms with E-state index in [2.05, 4.69) is 29.6 Å². The third-order valence-electron chi connectivity index (χ3n) is 4.84. The molecule has 0 saturated heterocycles. The first-order valence-corrected chi connectivity index (χ1v) is 8.64. The van der Waals surface area contributed by atoms with E-state index < -0.39 is 0 Å². The number of amides is 1. The number of nitrogens with one attached hydrogen (secondary N) is 1. The summed E-state index contributed by atoms with van der Waals surface area (Å²) >= 11 is 0. The molecule has 0 bridgehead atoms. The molecule has 0 aromatic heterocycles. The molecule has 0 spiro atoms. The number of carbonyl (C=O) groups excluding carboxylic acids is 1. The number of benzene rings is 1. The van der Waals surface area contributed by atoms with Crippen molar-refractivity contribution in [3.8, 4) is 0 Å². The van der Waals surface area contributed by atoms with E-state index in [4.69, 9.17) is 5.11 Å². The standard InChI is InChI=1S/C19H29NO2/c1-15(6-5-9-16-7-3-2-4-8-16)19(22)20-18-12-10-17(14-21)11-13-18/h2-4,7-8,15,17-18,21H,5-6,9-14H2,1H3,(H,20,22). The normalized spacial score (nSPS) is 23.0. The van der Waals surface area contributed by atoms with Gasteiger partial charge in [-0.2, -0.15) is 0 Å². The molecule has 0 aliphatic heterocycles. The molecular formula is C19H29NO2. The van der Waals surface area contributed by atoms with Crippen LogP contribution in [-0.2, 0) is 11.2 Å². The average molecular weight is 303 g/mol. The molecule has 1 aromatic carbocycles. The number of hydrogen-bond donors (Lipinski definition) is 2. The minimum Gasteiger partial charge on any atom is -0.396 e. The Hall–Kier alpha value is -1.35. The van der Waals surface area contributed by atoms with E-state index in [1.807, 2.05) is 13.0 Å². The lowest BCUT2D eigenvalue weighted by Gasteiger charge is -2.28. The molecule has 1 aliphatic rings. The highest BCUT2D eigenvalue weighted by atomic mass is 16.3. The molecule has 2 N–H and O–H groups in total. The van der Waals surface area contributed by atoms with Crippen molar-refractivity contribution >= 4 is 5.91 Å². The van der Waals surface area contributed by atoms with E-state index in [0.29, 0.717) is 12.0 Å². The van der Waals surface area contributed by atoms with Gasteiger partial charge in [0.2, 0.25) is 5.91 Å². The molecule has 1 aromatic rings. The first kappa shape index (κ1) is 17.0. The first-order chi connectivity index (χ1) is 10.7. The number of aryl methyl sites for hydroxylation is 1. The van der Waals surface area contributed by atoms with Gasteiger partial charge in [0.1, 0.15) is 0 Å². The zero-order valence-electron chi connectivity index (χ0n) is 13.6. The van der Waals surface area contributed by atoms with Crippen molar-refractivity contribution in [3.05, 3.63) is 35.9 Å². The van der Waals surface area contributed by atoms with Crippen LogP contribution >= 0.6 is 0 Å². The van der Waals surface area contributed by atoms with Crippen molar-refractivity contribution < 1.29 is 9.90 Å². The summed E-state index contributed by atoms with van der Waals surface area (Å²) in [4.78, 5) is 12.2. The molecule has 1 fully saturated rings. The van der Waals surface area contributed by atoms with Crippen LogP contribution in [0.5, 0.6) is 0 Å². The van der Waals surface area contributed by atoms with Gasteiger partial charge >= 0.3 is 0 Å². The van der Waals surface area contributed by atoms with Crippen LogP contribution in [0.4, 0.5) is 0 Å². The lowest BCUT2D eigenvalue weighted by molar-refractivity contribution is -0.125. The number of carbonyl (C=O) groups is 1. The molecule has 0 radical (unpaired) electrons.